The van der Waals surface area contributed by atoms with Crippen LogP contribution in [0.3, 0.4) is 0 Å². The Labute approximate surface area is 141 Å². The molecule has 118 valence electrons. The van der Waals surface area contributed by atoms with Crippen LogP contribution in [0.1, 0.15) is 23.7 Å². The summed E-state index contributed by atoms with van der Waals surface area (Å²) in [5.74, 6) is 0.424. The first kappa shape index (κ1) is 17.0. The number of ether oxygens (including phenoxy) is 1. The molecule has 0 spiro atoms. The maximum Gasteiger partial charge on any atom is 0.339 e. The number of hydrogen-bond donors (Lipinski definition) is 0. The molecule has 5 nitrogen and oxygen atoms in total. The second kappa shape index (κ2) is 7.28. The van der Waals surface area contributed by atoms with Crippen molar-refractivity contribution in [2.45, 2.75) is 13.3 Å². The monoisotopic (exact) mass is 385 g/mol. The second-order valence-corrected chi connectivity index (χ2v) is 7.08. The number of benzene rings is 1. The third-order valence-electron chi connectivity index (χ3n) is 3.40. The lowest BCUT2D eigenvalue weighted by molar-refractivity contribution is -0.117. The van der Waals surface area contributed by atoms with Crippen LogP contribution in [0.2, 0.25) is 0 Å². The highest BCUT2D eigenvalue weighted by Gasteiger charge is 2.31. The molecule has 1 fully saturated rings. The molecule has 22 heavy (non-hydrogen) atoms. The molecule has 0 saturated carbocycles. The highest BCUT2D eigenvalue weighted by Crippen LogP contribution is 2.30. The summed E-state index contributed by atoms with van der Waals surface area (Å²) in [5.41, 5.74) is 1.15. The molecule has 1 aromatic carbocycles. The zero-order valence-corrected chi connectivity index (χ0v) is 14.7. The second-order valence-electron chi connectivity index (χ2n) is 5.03. The van der Waals surface area contributed by atoms with E-state index in [2.05, 4.69) is 15.9 Å². The first-order valence-corrected chi connectivity index (χ1v) is 8.51. The number of halogens is 1. The van der Waals surface area contributed by atoms with Crippen LogP contribution in [0.5, 0.6) is 0 Å². The topological polar surface area (TPSA) is 63.7 Å². The van der Waals surface area contributed by atoms with Crippen molar-refractivity contribution in [1.82, 2.24) is 0 Å². The molecular weight excluding hydrogens is 370 g/mol. The number of hydrogen-bond acceptors (Lipinski definition) is 5. The zero-order valence-electron chi connectivity index (χ0n) is 12.3. The van der Waals surface area contributed by atoms with Crippen LogP contribution in [-0.4, -0.2) is 36.4 Å². The number of nitrogens with zero attached hydrogens (tertiary/aromatic N) is 1. The molecule has 1 unspecified atom stereocenters. The summed E-state index contributed by atoms with van der Waals surface area (Å²) < 4.78 is 5.28. The third-order valence-corrected chi connectivity index (χ3v) is 5.10. The molecule has 0 aromatic heterocycles. The molecule has 0 radical (unpaired) electrons. The number of rotatable bonds is 4. The lowest BCUT2D eigenvalue weighted by atomic mass is 10.1. The van der Waals surface area contributed by atoms with E-state index < -0.39 is 5.97 Å². The van der Waals surface area contributed by atoms with Crippen LogP contribution in [0.15, 0.2) is 22.7 Å². The predicted molar refractivity (Wildman–Crippen MR) is 89.1 cm³/mol. The Bertz CT molecular complexity index is 620. The van der Waals surface area contributed by atoms with Crippen LogP contribution in [0, 0.1) is 5.92 Å². The van der Waals surface area contributed by atoms with E-state index in [9.17, 15) is 14.4 Å². The molecule has 1 aromatic rings. The van der Waals surface area contributed by atoms with Crippen LogP contribution < -0.4 is 4.90 Å². The lowest BCUT2D eigenvalue weighted by Crippen LogP contribution is -2.24. The van der Waals surface area contributed by atoms with Crippen molar-refractivity contribution in [2.75, 3.05) is 24.3 Å². The fourth-order valence-corrected chi connectivity index (χ4v) is 3.55. The van der Waals surface area contributed by atoms with E-state index in [1.807, 2.05) is 0 Å². The number of amides is 1. The van der Waals surface area contributed by atoms with E-state index in [4.69, 9.17) is 4.74 Å². The number of carbonyl (C=O) groups excluding carboxylic acids is 3. The zero-order chi connectivity index (χ0) is 16.3. The van der Waals surface area contributed by atoms with E-state index in [1.165, 1.54) is 25.8 Å². The van der Waals surface area contributed by atoms with Crippen molar-refractivity contribution >= 4 is 50.4 Å². The Balaban J connectivity index is 2.12. The number of methoxy groups -OCH3 is 1. The first-order valence-electron chi connectivity index (χ1n) is 6.74. The molecule has 1 amide bonds. The van der Waals surface area contributed by atoms with Gasteiger partial charge in [0.1, 0.15) is 0 Å². The molecule has 0 bridgehead atoms. The Kier molecular flexibility index (Phi) is 5.63. The van der Waals surface area contributed by atoms with Crippen LogP contribution >= 0.6 is 27.7 Å². The van der Waals surface area contributed by atoms with Gasteiger partial charge in [0.05, 0.1) is 12.7 Å². The fraction of sp³-hybridized carbons (Fsp3) is 0.400. The Morgan fingerprint density at radius 1 is 1.45 bits per heavy atom. The van der Waals surface area contributed by atoms with Gasteiger partial charge in [-0.2, -0.15) is 0 Å². The van der Waals surface area contributed by atoms with Crippen molar-refractivity contribution < 1.29 is 19.1 Å². The van der Waals surface area contributed by atoms with E-state index in [0.717, 1.165) is 5.69 Å². The normalized spacial score (nSPS) is 17.7. The fourth-order valence-electron chi connectivity index (χ4n) is 2.33. The van der Waals surface area contributed by atoms with Gasteiger partial charge in [-0.15, -0.1) is 0 Å². The molecule has 0 N–H and O–H groups in total. The summed E-state index contributed by atoms with van der Waals surface area (Å²) in [6.45, 7) is 2.12. The summed E-state index contributed by atoms with van der Waals surface area (Å²) in [6, 6.07) is 5.11. The van der Waals surface area contributed by atoms with Gasteiger partial charge < -0.3 is 9.64 Å². The van der Waals surface area contributed by atoms with Gasteiger partial charge in [-0.25, -0.2) is 4.79 Å². The van der Waals surface area contributed by atoms with Gasteiger partial charge in [0.15, 0.2) is 5.12 Å². The van der Waals surface area contributed by atoms with E-state index in [1.54, 1.807) is 23.1 Å². The Morgan fingerprint density at radius 3 is 2.77 bits per heavy atom. The van der Waals surface area contributed by atoms with E-state index in [0.29, 0.717) is 28.8 Å². The van der Waals surface area contributed by atoms with Gasteiger partial charge in [-0.1, -0.05) is 11.8 Å². The lowest BCUT2D eigenvalue weighted by Gasteiger charge is -2.17. The molecule has 1 heterocycles. The molecule has 2 rings (SSSR count). The van der Waals surface area contributed by atoms with Gasteiger partial charge >= 0.3 is 5.97 Å². The minimum absolute atomic E-state index is 0.0341. The maximum absolute atomic E-state index is 12.1. The summed E-state index contributed by atoms with van der Waals surface area (Å²) in [7, 11) is 1.32. The number of thioether (sulfide) groups is 1. The van der Waals surface area contributed by atoms with E-state index in [-0.39, 0.29) is 16.9 Å². The van der Waals surface area contributed by atoms with E-state index >= 15 is 0 Å². The van der Waals surface area contributed by atoms with Crippen LogP contribution in [0.25, 0.3) is 0 Å². The van der Waals surface area contributed by atoms with Crippen molar-refractivity contribution in [3.05, 3.63) is 28.2 Å². The van der Waals surface area contributed by atoms with Crippen molar-refractivity contribution in [3.63, 3.8) is 0 Å². The van der Waals surface area contributed by atoms with Crippen molar-refractivity contribution in [3.8, 4) is 0 Å². The van der Waals surface area contributed by atoms with Gasteiger partial charge in [0, 0.05) is 35.8 Å². The molecule has 1 aliphatic heterocycles. The predicted octanol–water partition coefficient (Wildman–Crippen LogP) is 2.87. The molecule has 0 aliphatic carbocycles. The Hall–Kier alpha value is -1.34. The van der Waals surface area contributed by atoms with Gasteiger partial charge in [-0.3, -0.25) is 9.59 Å². The standard InChI is InChI=1S/C15H16BrNO4S/c1-9(18)22-8-10-5-14(19)17(7-10)11-3-4-12(13(16)6-11)15(20)21-2/h3-4,6,10H,5,7-8H2,1-2H3. The summed E-state index contributed by atoms with van der Waals surface area (Å²) in [5, 5.41) is 0.0658. The highest BCUT2D eigenvalue weighted by atomic mass is 79.9. The van der Waals surface area contributed by atoms with Gasteiger partial charge in [0.2, 0.25) is 5.91 Å². The van der Waals surface area contributed by atoms with Gasteiger partial charge in [0.25, 0.3) is 0 Å². The number of carbonyl (C=O) groups is 3. The summed E-state index contributed by atoms with van der Waals surface area (Å²) in [4.78, 5) is 36.4. The Morgan fingerprint density at radius 2 is 2.18 bits per heavy atom. The molecule has 1 aliphatic rings. The smallest absolute Gasteiger partial charge is 0.339 e. The third kappa shape index (κ3) is 3.89. The van der Waals surface area contributed by atoms with Crippen LogP contribution in [-0.2, 0) is 14.3 Å². The average Bonchev–Trinajstić information content (AvgIpc) is 2.85. The molecule has 1 saturated heterocycles. The maximum atomic E-state index is 12.1. The minimum Gasteiger partial charge on any atom is -0.465 e. The number of anilines is 1. The highest BCUT2D eigenvalue weighted by molar-refractivity contribution is 9.10. The molecule has 7 heteroatoms. The van der Waals surface area contributed by atoms with Crippen molar-refractivity contribution in [2.24, 2.45) is 5.92 Å². The number of esters is 1. The molecule has 1 atom stereocenters. The SMILES string of the molecule is COC(=O)c1ccc(N2CC(CSC(C)=O)CC2=O)cc1Br. The summed E-state index contributed by atoms with van der Waals surface area (Å²) >= 11 is 4.58. The largest absolute Gasteiger partial charge is 0.465 e. The van der Waals surface area contributed by atoms with Crippen LogP contribution in [0.4, 0.5) is 5.69 Å². The van der Waals surface area contributed by atoms with Crippen molar-refractivity contribution in [1.29, 1.82) is 0 Å². The minimum atomic E-state index is -0.429. The summed E-state index contributed by atoms with van der Waals surface area (Å²) in [6.07, 6.45) is 0.441. The quantitative estimate of drug-likeness (QED) is 0.745. The first-order chi connectivity index (χ1) is 10.4. The average molecular weight is 386 g/mol. The molecular formula is C15H16BrNO4S. The van der Waals surface area contributed by atoms with Gasteiger partial charge in [-0.05, 0) is 40.0 Å².